The maximum absolute atomic E-state index is 12.2. The van der Waals surface area contributed by atoms with Crippen LogP contribution in [0.2, 0.25) is 0 Å². The Balaban J connectivity index is 1.76. The van der Waals surface area contributed by atoms with E-state index in [0.29, 0.717) is 15.8 Å². The van der Waals surface area contributed by atoms with E-state index in [4.69, 9.17) is 9.84 Å². The Morgan fingerprint density at radius 2 is 2.00 bits per heavy atom. The topological polar surface area (TPSA) is 88.0 Å². The minimum Gasteiger partial charge on any atom is -0.479 e. The van der Waals surface area contributed by atoms with E-state index in [1.54, 1.807) is 24.3 Å². The second-order valence-corrected chi connectivity index (χ2v) is 7.02. The highest BCUT2D eigenvalue weighted by Crippen LogP contribution is 2.29. The number of carbonyl (C=O) groups is 2. The van der Waals surface area contributed by atoms with Gasteiger partial charge in [-0.15, -0.1) is 0 Å². The van der Waals surface area contributed by atoms with Gasteiger partial charge in [-0.25, -0.2) is 9.79 Å². The molecule has 0 aliphatic carbocycles. The summed E-state index contributed by atoms with van der Waals surface area (Å²) < 4.78 is 5.36. The quantitative estimate of drug-likeness (QED) is 0.769. The molecule has 6 nitrogen and oxygen atoms in total. The maximum Gasteiger partial charge on any atom is 0.344 e. The number of carboxylic acids is 1. The maximum atomic E-state index is 12.2. The van der Waals surface area contributed by atoms with Crippen molar-refractivity contribution < 1.29 is 19.4 Å². The number of carboxylic acid groups (broad SMARTS) is 1. The van der Waals surface area contributed by atoms with Crippen LogP contribution in [0.25, 0.3) is 6.08 Å². The van der Waals surface area contributed by atoms with E-state index in [0.717, 1.165) is 16.8 Å². The predicted molar refractivity (Wildman–Crippen MR) is 106 cm³/mol. The third-order valence-corrected chi connectivity index (χ3v) is 4.64. The van der Waals surface area contributed by atoms with E-state index in [2.05, 4.69) is 10.3 Å². The van der Waals surface area contributed by atoms with Crippen molar-refractivity contribution in [2.75, 3.05) is 0 Å². The lowest BCUT2D eigenvalue weighted by molar-refractivity contribution is -0.144. The number of rotatable bonds is 5. The molecule has 0 bridgehead atoms. The number of amidine groups is 1. The fourth-order valence-electron chi connectivity index (χ4n) is 2.30. The molecule has 1 aliphatic heterocycles. The Morgan fingerprint density at radius 1 is 1.26 bits per heavy atom. The van der Waals surface area contributed by atoms with Crippen LogP contribution in [-0.2, 0) is 9.59 Å². The number of benzene rings is 2. The van der Waals surface area contributed by atoms with Crippen LogP contribution in [0.15, 0.2) is 58.4 Å². The van der Waals surface area contributed by atoms with Crippen molar-refractivity contribution in [3.05, 3.63) is 64.6 Å². The zero-order valence-corrected chi connectivity index (χ0v) is 15.6. The van der Waals surface area contributed by atoms with E-state index in [1.165, 1.54) is 18.7 Å². The van der Waals surface area contributed by atoms with Gasteiger partial charge in [-0.2, -0.15) is 0 Å². The van der Waals surface area contributed by atoms with Crippen LogP contribution in [0.3, 0.4) is 0 Å². The van der Waals surface area contributed by atoms with Crippen LogP contribution < -0.4 is 10.1 Å². The average Bonchev–Trinajstić information content (AvgIpc) is 2.96. The number of amides is 1. The van der Waals surface area contributed by atoms with Crippen LogP contribution in [-0.4, -0.2) is 28.3 Å². The first kappa shape index (κ1) is 18.7. The van der Waals surface area contributed by atoms with Crippen LogP contribution in [0.4, 0.5) is 5.69 Å². The summed E-state index contributed by atoms with van der Waals surface area (Å²) >= 11 is 1.25. The fraction of sp³-hybridized carbons (Fsp3) is 0.150. The Hall–Kier alpha value is -3.06. The molecule has 3 rings (SSSR count). The summed E-state index contributed by atoms with van der Waals surface area (Å²) in [6.07, 6.45) is 0.765. The molecule has 1 unspecified atom stereocenters. The van der Waals surface area contributed by atoms with E-state index in [-0.39, 0.29) is 5.91 Å². The highest BCUT2D eigenvalue weighted by molar-refractivity contribution is 8.18. The van der Waals surface area contributed by atoms with Crippen LogP contribution >= 0.6 is 11.8 Å². The molecular formula is C20H18N2O4S. The number of aliphatic imine (C=N–C) groups is 1. The van der Waals surface area contributed by atoms with Crippen LogP contribution in [0, 0.1) is 6.92 Å². The number of nitrogens with one attached hydrogen (secondary N) is 1. The van der Waals surface area contributed by atoms with Gasteiger partial charge in [-0.1, -0.05) is 29.8 Å². The van der Waals surface area contributed by atoms with Crippen LogP contribution in [0.5, 0.6) is 5.75 Å². The number of nitrogens with zero attached hydrogens (tertiary/aromatic N) is 1. The van der Waals surface area contributed by atoms with Gasteiger partial charge in [0, 0.05) is 0 Å². The third kappa shape index (κ3) is 4.98. The molecular weight excluding hydrogens is 364 g/mol. The zero-order valence-electron chi connectivity index (χ0n) is 14.8. The normalized spacial score (nSPS) is 17.8. The summed E-state index contributed by atoms with van der Waals surface area (Å²) in [7, 11) is 0. The second kappa shape index (κ2) is 8.09. The molecule has 0 radical (unpaired) electrons. The standard InChI is InChI=1S/C20H18N2O4S/c1-12-6-8-15(9-7-12)21-20-22-18(23)17(27-20)11-14-4-3-5-16(10-14)26-13(2)19(24)25/h3-11,13H,1-2H3,(H,24,25)(H,21,22,23)/b17-11+. The highest BCUT2D eigenvalue weighted by atomic mass is 32.2. The summed E-state index contributed by atoms with van der Waals surface area (Å²) in [5.41, 5.74) is 2.64. The predicted octanol–water partition coefficient (Wildman–Crippen LogP) is 3.74. The van der Waals surface area contributed by atoms with Gasteiger partial charge in [0.15, 0.2) is 11.3 Å². The van der Waals surface area contributed by atoms with Crippen molar-refractivity contribution in [1.29, 1.82) is 0 Å². The minimum atomic E-state index is -1.04. The molecule has 1 heterocycles. The molecule has 1 saturated heterocycles. The average molecular weight is 382 g/mol. The van der Waals surface area contributed by atoms with Crippen molar-refractivity contribution in [3.63, 3.8) is 0 Å². The molecule has 27 heavy (non-hydrogen) atoms. The molecule has 7 heteroatoms. The SMILES string of the molecule is Cc1ccc(N=C2NC(=O)/C(=C\c3cccc(OC(C)C(=O)O)c3)S2)cc1. The van der Waals surface area contributed by atoms with Gasteiger partial charge in [0.2, 0.25) is 0 Å². The fourth-order valence-corrected chi connectivity index (χ4v) is 3.14. The first-order valence-corrected chi connectivity index (χ1v) is 9.08. The highest BCUT2D eigenvalue weighted by Gasteiger charge is 2.23. The van der Waals surface area contributed by atoms with E-state index < -0.39 is 12.1 Å². The molecule has 2 aromatic rings. The summed E-state index contributed by atoms with van der Waals surface area (Å²) in [4.78, 5) is 28.0. The lowest BCUT2D eigenvalue weighted by atomic mass is 10.2. The monoisotopic (exact) mass is 382 g/mol. The molecule has 0 saturated carbocycles. The van der Waals surface area contributed by atoms with Crippen molar-refractivity contribution in [1.82, 2.24) is 5.32 Å². The zero-order chi connectivity index (χ0) is 19.4. The van der Waals surface area contributed by atoms with Gasteiger partial charge in [-0.05, 0) is 61.5 Å². The Labute approximate surface area is 161 Å². The molecule has 2 aromatic carbocycles. The first-order valence-electron chi connectivity index (χ1n) is 8.26. The Bertz CT molecular complexity index is 935. The van der Waals surface area contributed by atoms with Gasteiger partial charge < -0.3 is 15.2 Å². The molecule has 1 aliphatic rings. The largest absolute Gasteiger partial charge is 0.479 e. The van der Waals surface area contributed by atoms with Crippen molar-refractivity contribution in [3.8, 4) is 5.75 Å². The molecule has 138 valence electrons. The van der Waals surface area contributed by atoms with E-state index in [9.17, 15) is 9.59 Å². The number of hydrogen-bond acceptors (Lipinski definition) is 5. The third-order valence-electron chi connectivity index (χ3n) is 3.73. The van der Waals surface area contributed by atoms with E-state index in [1.807, 2.05) is 37.3 Å². The minimum absolute atomic E-state index is 0.226. The summed E-state index contributed by atoms with van der Waals surface area (Å²) in [6.45, 7) is 3.46. The Morgan fingerprint density at radius 3 is 2.70 bits per heavy atom. The number of ether oxygens (including phenoxy) is 1. The second-order valence-electron chi connectivity index (χ2n) is 5.99. The number of hydrogen-bond donors (Lipinski definition) is 2. The van der Waals surface area contributed by atoms with Gasteiger partial charge in [-0.3, -0.25) is 4.79 Å². The molecule has 0 spiro atoms. The summed E-state index contributed by atoms with van der Waals surface area (Å²) in [6, 6.07) is 14.6. The van der Waals surface area contributed by atoms with Crippen LogP contribution in [0.1, 0.15) is 18.1 Å². The van der Waals surface area contributed by atoms with Gasteiger partial charge in [0.1, 0.15) is 5.75 Å². The Kier molecular flexibility index (Phi) is 5.61. The number of aryl methyl sites for hydroxylation is 1. The molecule has 2 N–H and O–H groups in total. The van der Waals surface area contributed by atoms with Gasteiger partial charge in [0.25, 0.3) is 5.91 Å². The molecule has 1 amide bonds. The number of aliphatic carboxylic acids is 1. The van der Waals surface area contributed by atoms with E-state index >= 15 is 0 Å². The lowest BCUT2D eigenvalue weighted by Gasteiger charge is -2.10. The molecule has 0 aromatic heterocycles. The van der Waals surface area contributed by atoms with Crippen molar-refractivity contribution >= 4 is 40.6 Å². The van der Waals surface area contributed by atoms with Gasteiger partial charge in [0.05, 0.1) is 10.6 Å². The van der Waals surface area contributed by atoms with Gasteiger partial charge >= 0.3 is 5.97 Å². The number of thioether (sulfide) groups is 1. The summed E-state index contributed by atoms with van der Waals surface area (Å²) in [5.74, 6) is -0.839. The van der Waals surface area contributed by atoms with Crippen molar-refractivity contribution in [2.24, 2.45) is 4.99 Å². The number of carbonyl (C=O) groups excluding carboxylic acids is 1. The molecule has 1 atom stereocenters. The molecule has 1 fully saturated rings. The van der Waals surface area contributed by atoms with Crippen molar-refractivity contribution in [2.45, 2.75) is 20.0 Å². The lowest BCUT2D eigenvalue weighted by Crippen LogP contribution is -2.22. The summed E-state index contributed by atoms with van der Waals surface area (Å²) in [5, 5.41) is 12.2. The first-order chi connectivity index (χ1) is 12.9. The smallest absolute Gasteiger partial charge is 0.344 e.